The number of anilines is 1. The molecule has 3 aromatic rings. The molecule has 2 aromatic carbocycles. The first-order valence-electron chi connectivity index (χ1n) is 7.55. The zero-order chi connectivity index (χ0) is 16.1. The van der Waals surface area contributed by atoms with Crippen LogP contribution in [0.5, 0.6) is 0 Å². The minimum absolute atomic E-state index is 0.667. The summed E-state index contributed by atoms with van der Waals surface area (Å²) in [5.74, 6) is 0.813. The summed E-state index contributed by atoms with van der Waals surface area (Å²) in [5, 5.41) is 8.02. The lowest BCUT2D eigenvalue weighted by Crippen LogP contribution is -2.17. The first-order valence-corrected chi connectivity index (χ1v) is 8.30. The molecule has 1 aromatic heterocycles. The van der Waals surface area contributed by atoms with Gasteiger partial charge in [-0.05, 0) is 48.9 Å². The molecule has 0 aliphatic carbocycles. The van der Waals surface area contributed by atoms with E-state index in [1.54, 1.807) is 6.07 Å². The standard InChI is InChI=1S/C17H18Cl2N4/c18-13-8-12(9-14(19)10-13)11-20-6-3-7-21-17-22-15-4-1-2-5-16(15)23-17/h1-2,4-5,8-10,20H,3,6-7,11H2,(H2,21,22,23). The average molecular weight is 349 g/mol. The molecule has 3 rings (SSSR count). The number of benzene rings is 2. The lowest BCUT2D eigenvalue weighted by molar-refractivity contribution is 0.662. The summed E-state index contributed by atoms with van der Waals surface area (Å²) in [4.78, 5) is 7.73. The van der Waals surface area contributed by atoms with Gasteiger partial charge in [0, 0.05) is 23.1 Å². The average Bonchev–Trinajstić information content (AvgIpc) is 2.92. The minimum atomic E-state index is 0.667. The maximum atomic E-state index is 5.98. The highest BCUT2D eigenvalue weighted by Gasteiger charge is 2.01. The van der Waals surface area contributed by atoms with Crippen LogP contribution in [0.1, 0.15) is 12.0 Å². The quantitative estimate of drug-likeness (QED) is 0.552. The van der Waals surface area contributed by atoms with Gasteiger partial charge in [-0.2, -0.15) is 0 Å². The van der Waals surface area contributed by atoms with Gasteiger partial charge in [-0.1, -0.05) is 35.3 Å². The van der Waals surface area contributed by atoms with Gasteiger partial charge in [0.1, 0.15) is 0 Å². The summed E-state index contributed by atoms with van der Waals surface area (Å²) in [6.45, 7) is 2.51. The van der Waals surface area contributed by atoms with Crippen molar-refractivity contribution in [2.24, 2.45) is 0 Å². The second-order valence-corrected chi connectivity index (χ2v) is 6.21. The SMILES string of the molecule is Clc1cc(Cl)cc(CNCCCNc2nc3ccccc3[nH]2)c1. The van der Waals surface area contributed by atoms with Gasteiger partial charge in [0.15, 0.2) is 0 Å². The summed E-state index contributed by atoms with van der Waals surface area (Å²) < 4.78 is 0. The number of hydrogen-bond donors (Lipinski definition) is 3. The first-order chi connectivity index (χ1) is 11.2. The van der Waals surface area contributed by atoms with Crippen molar-refractivity contribution in [2.75, 3.05) is 18.4 Å². The number of nitrogens with one attached hydrogen (secondary N) is 3. The Kier molecular flexibility index (Phi) is 5.39. The van der Waals surface area contributed by atoms with Crippen LogP contribution in [0.25, 0.3) is 11.0 Å². The number of halogens is 2. The van der Waals surface area contributed by atoms with E-state index in [4.69, 9.17) is 23.2 Å². The van der Waals surface area contributed by atoms with Crippen LogP contribution in [-0.2, 0) is 6.54 Å². The Morgan fingerprint density at radius 3 is 2.57 bits per heavy atom. The Labute approximate surface area is 145 Å². The molecular weight excluding hydrogens is 331 g/mol. The van der Waals surface area contributed by atoms with Crippen LogP contribution in [0.2, 0.25) is 10.0 Å². The smallest absolute Gasteiger partial charge is 0.201 e. The highest BCUT2D eigenvalue weighted by Crippen LogP contribution is 2.18. The molecule has 0 aliphatic heterocycles. The molecule has 0 aliphatic rings. The van der Waals surface area contributed by atoms with Gasteiger partial charge in [0.25, 0.3) is 0 Å². The third-order valence-corrected chi connectivity index (χ3v) is 3.90. The molecule has 4 nitrogen and oxygen atoms in total. The van der Waals surface area contributed by atoms with Crippen LogP contribution in [0.15, 0.2) is 42.5 Å². The number of para-hydroxylation sites is 2. The fraction of sp³-hybridized carbons (Fsp3) is 0.235. The molecule has 0 amide bonds. The molecule has 0 atom stereocenters. The van der Waals surface area contributed by atoms with Crippen LogP contribution in [0.4, 0.5) is 5.95 Å². The van der Waals surface area contributed by atoms with Crippen LogP contribution in [0.3, 0.4) is 0 Å². The molecule has 120 valence electrons. The van der Waals surface area contributed by atoms with Gasteiger partial charge in [0.2, 0.25) is 5.95 Å². The van der Waals surface area contributed by atoms with E-state index in [1.807, 2.05) is 36.4 Å². The zero-order valence-corrected chi connectivity index (χ0v) is 14.1. The second-order valence-electron chi connectivity index (χ2n) is 5.34. The summed E-state index contributed by atoms with van der Waals surface area (Å²) in [6.07, 6.45) is 0.991. The van der Waals surface area contributed by atoms with Gasteiger partial charge >= 0.3 is 0 Å². The van der Waals surface area contributed by atoms with Crippen molar-refractivity contribution in [3.63, 3.8) is 0 Å². The molecule has 1 heterocycles. The predicted octanol–water partition coefficient (Wildman–Crippen LogP) is 4.46. The molecule has 0 spiro atoms. The molecule has 6 heteroatoms. The van der Waals surface area contributed by atoms with Crippen LogP contribution in [0, 0.1) is 0 Å². The number of hydrogen-bond acceptors (Lipinski definition) is 3. The molecule has 0 fully saturated rings. The topological polar surface area (TPSA) is 52.7 Å². The van der Waals surface area contributed by atoms with Crippen molar-refractivity contribution in [3.05, 3.63) is 58.1 Å². The van der Waals surface area contributed by atoms with E-state index in [0.29, 0.717) is 10.0 Å². The Morgan fingerprint density at radius 1 is 1.00 bits per heavy atom. The van der Waals surface area contributed by atoms with E-state index in [1.165, 1.54) is 0 Å². The molecule has 3 N–H and O–H groups in total. The van der Waals surface area contributed by atoms with E-state index in [2.05, 4.69) is 20.6 Å². The monoisotopic (exact) mass is 348 g/mol. The fourth-order valence-corrected chi connectivity index (χ4v) is 2.97. The number of H-pyrrole nitrogens is 1. The van der Waals surface area contributed by atoms with Gasteiger partial charge < -0.3 is 15.6 Å². The van der Waals surface area contributed by atoms with Gasteiger partial charge in [-0.15, -0.1) is 0 Å². The number of rotatable bonds is 7. The van der Waals surface area contributed by atoms with E-state index >= 15 is 0 Å². The summed E-state index contributed by atoms with van der Waals surface area (Å²) >= 11 is 12.0. The normalized spacial score (nSPS) is 11.0. The number of fused-ring (bicyclic) bond motifs is 1. The second kappa shape index (κ2) is 7.68. The number of nitrogens with zero attached hydrogens (tertiary/aromatic N) is 1. The van der Waals surface area contributed by atoms with Crippen molar-refractivity contribution in [1.82, 2.24) is 15.3 Å². The van der Waals surface area contributed by atoms with Gasteiger partial charge in [-0.25, -0.2) is 4.98 Å². The lowest BCUT2D eigenvalue weighted by Gasteiger charge is -2.06. The highest BCUT2D eigenvalue weighted by molar-refractivity contribution is 6.34. The Bertz CT molecular complexity index is 732. The summed E-state index contributed by atoms with van der Waals surface area (Å²) in [5.41, 5.74) is 3.12. The van der Waals surface area contributed by atoms with E-state index in [0.717, 1.165) is 48.6 Å². The third-order valence-electron chi connectivity index (χ3n) is 3.46. The van der Waals surface area contributed by atoms with Crippen molar-refractivity contribution < 1.29 is 0 Å². The third kappa shape index (κ3) is 4.61. The number of aromatic amines is 1. The summed E-state index contributed by atoms with van der Waals surface area (Å²) in [7, 11) is 0. The molecule has 0 bridgehead atoms. The molecule has 0 unspecified atom stereocenters. The number of aromatic nitrogens is 2. The molecular formula is C17H18Cl2N4. The van der Waals surface area contributed by atoms with E-state index in [9.17, 15) is 0 Å². The lowest BCUT2D eigenvalue weighted by atomic mass is 10.2. The fourth-order valence-electron chi connectivity index (χ4n) is 2.40. The van der Waals surface area contributed by atoms with Crippen molar-refractivity contribution in [3.8, 4) is 0 Å². The van der Waals surface area contributed by atoms with Crippen molar-refractivity contribution in [2.45, 2.75) is 13.0 Å². The molecule has 0 radical (unpaired) electrons. The van der Waals surface area contributed by atoms with Crippen LogP contribution >= 0.6 is 23.2 Å². The highest BCUT2D eigenvalue weighted by atomic mass is 35.5. The molecule has 0 saturated heterocycles. The number of imidazole rings is 1. The minimum Gasteiger partial charge on any atom is -0.356 e. The zero-order valence-electron chi connectivity index (χ0n) is 12.6. The Hall–Kier alpha value is -1.75. The van der Waals surface area contributed by atoms with E-state index in [-0.39, 0.29) is 0 Å². The predicted molar refractivity (Wildman–Crippen MR) is 97.4 cm³/mol. The largest absolute Gasteiger partial charge is 0.356 e. The van der Waals surface area contributed by atoms with Crippen LogP contribution in [-0.4, -0.2) is 23.1 Å². The maximum Gasteiger partial charge on any atom is 0.201 e. The Morgan fingerprint density at radius 2 is 1.78 bits per heavy atom. The van der Waals surface area contributed by atoms with Gasteiger partial charge in [-0.3, -0.25) is 0 Å². The van der Waals surface area contributed by atoms with Gasteiger partial charge in [0.05, 0.1) is 11.0 Å². The first kappa shape index (κ1) is 16.1. The maximum absolute atomic E-state index is 5.98. The van der Waals surface area contributed by atoms with Crippen molar-refractivity contribution in [1.29, 1.82) is 0 Å². The summed E-state index contributed by atoms with van der Waals surface area (Å²) in [6, 6.07) is 13.6. The molecule has 23 heavy (non-hydrogen) atoms. The van der Waals surface area contributed by atoms with Crippen molar-refractivity contribution >= 4 is 40.2 Å². The Balaban J connectivity index is 1.38. The van der Waals surface area contributed by atoms with Crippen LogP contribution < -0.4 is 10.6 Å². The van der Waals surface area contributed by atoms with E-state index < -0.39 is 0 Å². The molecule has 0 saturated carbocycles.